The molecule has 0 spiro atoms. The minimum atomic E-state index is -0.951. The van der Waals surface area contributed by atoms with Gasteiger partial charge in [0.2, 0.25) is 6.86 Å². The van der Waals surface area contributed by atoms with Crippen molar-refractivity contribution < 1.29 is 23.5 Å². The van der Waals surface area contributed by atoms with Gasteiger partial charge in [0.05, 0.1) is 24.6 Å². The Morgan fingerprint density at radius 2 is 1.91 bits per heavy atom. The molecule has 1 aliphatic carbocycles. The molecular formula is C26H30FN3O4S. The largest absolute Gasteiger partial charge is 0.493 e. The zero-order valence-corrected chi connectivity index (χ0v) is 20.8. The van der Waals surface area contributed by atoms with Gasteiger partial charge in [0.1, 0.15) is 0 Å². The highest BCUT2D eigenvalue weighted by molar-refractivity contribution is 8.14. The Balaban J connectivity index is 1.51. The molecule has 1 aliphatic heterocycles. The van der Waals surface area contributed by atoms with E-state index in [9.17, 15) is 14.0 Å². The van der Waals surface area contributed by atoms with Crippen LogP contribution in [0.3, 0.4) is 0 Å². The number of carbonyl (C=O) groups is 2. The highest BCUT2D eigenvalue weighted by Crippen LogP contribution is 2.34. The monoisotopic (exact) mass is 499 g/mol. The summed E-state index contributed by atoms with van der Waals surface area (Å²) in [5.41, 5.74) is 3.01. The Morgan fingerprint density at radius 1 is 1.17 bits per heavy atom. The van der Waals surface area contributed by atoms with E-state index in [1.165, 1.54) is 23.9 Å². The first-order valence-corrected chi connectivity index (χ1v) is 12.7. The van der Waals surface area contributed by atoms with Crippen LogP contribution in [0.4, 0.5) is 9.18 Å². The maximum Gasteiger partial charge on any atom is 0.302 e. The Labute approximate surface area is 209 Å². The summed E-state index contributed by atoms with van der Waals surface area (Å²) in [6, 6.07) is 12.7. The van der Waals surface area contributed by atoms with Gasteiger partial charge in [0.25, 0.3) is 5.91 Å². The SMILES string of the molecule is CCC1SC(=O)N(Cc2ccc(C(=O)NC3CCCC3)cc2)N=C1c1ccc(OCF)c(OC)c1. The Bertz CT molecular complexity index is 1090. The van der Waals surface area contributed by atoms with Crippen molar-refractivity contribution in [3.8, 4) is 11.5 Å². The highest BCUT2D eigenvalue weighted by Gasteiger charge is 2.30. The lowest BCUT2D eigenvalue weighted by molar-refractivity contribution is 0.0937. The Kier molecular flexibility index (Phi) is 8.28. The summed E-state index contributed by atoms with van der Waals surface area (Å²) in [6.45, 7) is 1.34. The molecular weight excluding hydrogens is 469 g/mol. The van der Waals surface area contributed by atoms with Crippen LogP contribution in [0, 0.1) is 0 Å². The predicted octanol–water partition coefficient (Wildman–Crippen LogP) is 5.53. The highest BCUT2D eigenvalue weighted by atomic mass is 32.2. The van der Waals surface area contributed by atoms with Crippen LogP contribution < -0.4 is 14.8 Å². The second kappa shape index (κ2) is 11.6. The van der Waals surface area contributed by atoms with Gasteiger partial charge in [-0.2, -0.15) is 5.10 Å². The number of hydrogen-bond acceptors (Lipinski definition) is 6. The third kappa shape index (κ3) is 5.96. The quantitative estimate of drug-likeness (QED) is 0.491. The van der Waals surface area contributed by atoms with E-state index in [0.717, 1.165) is 48.9 Å². The van der Waals surface area contributed by atoms with E-state index < -0.39 is 6.86 Å². The van der Waals surface area contributed by atoms with E-state index in [-0.39, 0.29) is 29.0 Å². The molecule has 1 heterocycles. The number of halogens is 1. The zero-order valence-electron chi connectivity index (χ0n) is 20.0. The molecule has 0 radical (unpaired) electrons. The van der Waals surface area contributed by atoms with Gasteiger partial charge >= 0.3 is 5.24 Å². The summed E-state index contributed by atoms with van der Waals surface area (Å²) in [7, 11) is 1.49. The summed E-state index contributed by atoms with van der Waals surface area (Å²) in [5, 5.41) is 8.98. The molecule has 2 aliphatic rings. The molecule has 1 atom stereocenters. The minimum Gasteiger partial charge on any atom is -0.493 e. The van der Waals surface area contributed by atoms with Crippen molar-refractivity contribution in [2.24, 2.45) is 5.10 Å². The summed E-state index contributed by atoms with van der Waals surface area (Å²) < 4.78 is 23.0. The second-order valence-corrected chi connectivity index (χ2v) is 9.75. The van der Waals surface area contributed by atoms with Crippen LogP contribution >= 0.6 is 11.8 Å². The molecule has 186 valence electrons. The van der Waals surface area contributed by atoms with Crippen LogP contribution in [0.2, 0.25) is 0 Å². The number of thioether (sulfide) groups is 1. The van der Waals surface area contributed by atoms with Crippen molar-refractivity contribution in [3.63, 3.8) is 0 Å². The lowest BCUT2D eigenvalue weighted by Crippen LogP contribution is -2.35. The number of nitrogens with one attached hydrogen (secondary N) is 1. The lowest BCUT2D eigenvalue weighted by Gasteiger charge is -2.28. The number of hydrazone groups is 1. The summed E-state index contributed by atoms with van der Waals surface area (Å²) in [6.07, 6.45) is 5.12. The number of carbonyl (C=O) groups excluding carboxylic acids is 2. The molecule has 1 N–H and O–H groups in total. The van der Waals surface area contributed by atoms with Gasteiger partial charge in [0, 0.05) is 17.2 Å². The van der Waals surface area contributed by atoms with Gasteiger partial charge in [-0.1, -0.05) is 43.7 Å². The fourth-order valence-corrected chi connectivity index (χ4v) is 5.30. The fourth-order valence-electron chi connectivity index (χ4n) is 4.37. The first kappa shape index (κ1) is 25.0. The molecule has 2 aromatic carbocycles. The molecule has 2 aromatic rings. The van der Waals surface area contributed by atoms with Gasteiger partial charge in [-0.3, -0.25) is 9.59 Å². The number of methoxy groups -OCH3 is 1. The van der Waals surface area contributed by atoms with E-state index in [0.29, 0.717) is 17.1 Å². The van der Waals surface area contributed by atoms with Crippen LogP contribution in [0.25, 0.3) is 0 Å². The zero-order chi connectivity index (χ0) is 24.8. The molecule has 2 amide bonds. The van der Waals surface area contributed by atoms with Crippen LogP contribution in [0.15, 0.2) is 47.6 Å². The first-order valence-electron chi connectivity index (χ1n) is 11.9. The van der Waals surface area contributed by atoms with E-state index >= 15 is 0 Å². The van der Waals surface area contributed by atoms with E-state index in [2.05, 4.69) is 10.4 Å². The first-order chi connectivity index (χ1) is 17.0. The number of hydrogen-bond donors (Lipinski definition) is 1. The minimum absolute atomic E-state index is 0.0618. The van der Waals surface area contributed by atoms with Crippen molar-refractivity contribution in [1.82, 2.24) is 10.3 Å². The molecule has 4 rings (SSSR count). The summed E-state index contributed by atoms with van der Waals surface area (Å²) in [5.74, 6) is 0.645. The second-order valence-electron chi connectivity index (χ2n) is 8.59. The topological polar surface area (TPSA) is 80.2 Å². The van der Waals surface area contributed by atoms with Crippen LogP contribution in [-0.4, -0.2) is 47.1 Å². The van der Waals surface area contributed by atoms with Crippen molar-refractivity contribution in [2.75, 3.05) is 14.0 Å². The van der Waals surface area contributed by atoms with E-state index in [1.54, 1.807) is 30.3 Å². The van der Waals surface area contributed by atoms with Crippen molar-refractivity contribution in [3.05, 3.63) is 59.2 Å². The standard InChI is InChI=1S/C26H30FN3O4S/c1-3-23-24(19-12-13-21(34-16-27)22(14-19)33-2)29-30(26(32)35-23)15-17-8-10-18(11-9-17)25(31)28-20-6-4-5-7-20/h8-14,20,23H,3-7,15-16H2,1-2H3,(H,28,31). The van der Waals surface area contributed by atoms with Gasteiger partial charge < -0.3 is 14.8 Å². The smallest absolute Gasteiger partial charge is 0.302 e. The molecule has 0 saturated heterocycles. The third-order valence-electron chi connectivity index (χ3n) is 6.27. The van der Waals surface area contributed by atoms with Gasteiger partial charge in [-0.05, 0) is 55.2 Å². The van der Waals surface area contributed by atoms with Gasteiger partial charge in [-0.25, -0.2) is 9.40 Å². The number of rotatable bonds is 9. The molecule has 9 heteroatoms. The molecule has 0 aromatic heterocycles. The number of ether oxygens (including phenoxy) is 2. The maximum atomic E-state index is 12.8. The number of alkyl halides is 1. The summed E-state index contributed by atoms with van der Waals surface area (Å²) >= 11 is 1.23. The van der Waals surface area contributed by atoms with Crippen molar-refractivity contribution in [1.29, 1.82) is 0 Å². The van der Waals surface area contributed by atoms with Gasteiger partial charge in [0.15, 0.2) is 11.5 Å². The lowest BCUT2D eigenvalue weighted by atomic mass is 10.0. The normalized spacial score (nSPS) is 18.4. The molecule has 1 fully saturated rings. The van der Waals surface area contributed by atoms with Crippen LogP contribution in [-0.2, 0) is 6.54 Å². The molecule has 7 nitrogen and oxygen atoms in total. The summed E-state index contributed by atoms with van der Waals surface area (Å²) in [4.78, 5) is 25.3. The Morgan fingerprint density at radius 3 is 2.57 bits per heavy atom. The van der Waals surface area contributed by atoms with E-state index in [1.807, 2.05) is 19.1 Å². The molecule has 0 bridgehead atoms. The van der Waals surface area contributed by atoms with E-state index in [4.69, 9.17) is 9.47 Å². The Hall–Kier alpha value is -3.07. The number of benzene rings is 2. The third-order valence-corrected chi connectivity index (χ3v) is 7.52. The van der Waals surface area contributed by atoms with Crippen molar-refractivity contribution >= 4 is 28.6 Å². The number of amides is 2. The average molecular weight is 500 g/mol. The average Bonchev–Trinajstić information content (AvgIpc) is 3.39. The molecule has 1 saturated carbocycles. The maximum absolute atomic E-state index is 12.8. The van der Waals surface area contributed by atoms with Crippen LogP contribution in [0.1, 0.15) is 60.5 Å². The predicted molar refractivity (Wildman–Crippen MR) is 135 cm³/mol. The molecule has 1 unspecified atom stereocenters. The number of nitrogens with zero attached hydrogens (tertiary/aromatic N) is 2. The van der Waals surface area contributed by atoms with Gasteiger partial charge in [-0.15, -0.1) is 0 Å². The fraction of sp³-hybridized carbons (Fsp3) is 0.423. The van der Waals surface area contributed by atoms with Crippen LogP contribution in [0.5, 0.6) is 11.5 Å². The van der Waals surface area contributed by atoms with Crippen molar-refractivity contribution in [2.45, 2.75) is 56.9 Å². The molecule has 35 heavy (non-hydrogen) atoms.